The molecule has 182 valence electrons. The largest absolute Gasteiger partial charge is 0.416 e. The summed E-state index contributed by atoms with van der Waals surface area (Å²) in [5.74, 6) is 2.12. The van der Waals surface area contributed by atoms with E-state index in [1.165, 1.54) is 12.1 Å². The molecular formula is C25H30F3N5S. The van der Waals surface area contributed by atoms with Crippen LogP contribution in [0.5, 0.6) is 0 Å². The number of halogens is 3. The summed E-state index contributed by atoms with van der Waals surface area (Å²) in [6, 6.07) is 9.62. The van der Waals surface area contributed by atoms with Crippen molar-refractivity contribution in [2.24, 2.45) is 7.05 Å². The zero-order valence-electron chi connectivity index (χ0n) is 19.3. The Morgan fingerprint density at radius 2 is 1.74 bits per heavy atom. The van der Waals surface area contributed by atoms with Crippen LogP contribution in [-0.2, 0) is 13.2 Å². The molecule has 34 heavy (non-hydrogen) atoms. The zero-order chi connectivity index (χ0) is 24.0. The maximum Gasteiger partial charge on any atom is 0.416 e. The van der Waals surface area contributed by atoms with Crippen molar-refractivity contribution >= 4 is 11.8 Å². The van der Waals surface area contributed by atoms with Crippen LogP contribution in [0, 0.1) is 0 Å². The Balaban J connectivity index is 1.25. The van der Waals surface area contributed by atoms with Gasteiger partial charge in [-0.2, -0.15) is 13.2 Å². The van der Waals surface area contributed by atoms with Crippen molar-refractivity contribution in [1.29, 1.82) is 0 Å². The first kappa shape index (κ1) is 24.7. The Kier molecular flexibility index (Phi) is 8.26. The molecule has 2 aromatic heterocycles. The Morgan fingerprint density at radius 1 is 0.971 bits per heavy atom. The van der Waals surface area contributed by atoms with Crippen LogP contribution in [0.25, 0.3) is 11.4 Å². The Hall–Kier alpha value is -2.39. The van der Waals surface area contributed by atoms with Crippen molar-refractivity contribution in [2.45, 2.75) is 49.4 Å². The summed E-state index contributed by atoms with van der Waals surface area (Å²) in [6.45, 7) is 3.08. The van der Waals surface area contributed by atoms with Crippen LogP contribution in [0.3, 0.4) is 0 Å². The maximum absolute atomic E-state index is 12.9. The molecule has 3 aromatic rings. The molecule has 0 saturated carbocycles. The third-order valence-electron chi connectivity index (χ3n) is 6.40. The first-order chi connectivity index (χ1) is 16.4. The van der Waals surface area contributed by atoms with Gasteiger partial charge in [0, 0.05) is 30.8 Å². The lowest BCUT2D eigenvalue weighted by molar-refractivity contribution is -0.137. The van der Waals surface area contributed by atoms with Crippen molar-refractivity contribution < 1.29 is 13.2 Å². The van der Waals surface area contributed by atoms with Crippen molar-refractivity contribution in [3.05, 3.63) is 59.9 Å². The molecule has 0 bridgehead atoms. The van der Waals surface area contributed by atoms with Crippen molar-refractivity contribution in [2.75, 3.05) is 25.4 Å². The minimum atomic E-state index is -4.28. The van der Waals surface area contributed by atoms with Gasteiger partial charge >= 0.3 is 6.18 Å². The summed E-state index contributed by atoms with van der Waals surface area (Å²) in [5.41, 5.74) is 1.45. The minimum Gasteiger partial charge on any atom is -0.305 e. The van der Waals surface area contributed by atoms with Gasteiger partial charge in [-0.15, -0.1) is 10.2 Å². The molecule has 1 saturated heterocycles. The first-order valence-electron chi connectivity index (χ1n) is 11.7. The summed E-state index contributed by atoms with van der Waals surface area (Å²) >= 11 is 1.72. The molecule has 1 fully saturated rings. The molecule has 1 aliphatic heterocycles. The van der Waals surface area contributed by atoms with E-state index in [1.807, 2.05) is 23.7 Å². The summed E-state index contributed by atoms with van der Waals surface area (Å²) in [7, 11) is 1.98. The van der Waals surface area contributed by atoms with E-state index < -0.39 is 11.7 Å². The molecule has 5 nitrogen and oxygen atoms in total. The van der Waals surface area contributed by atoms with Gasteiger partial charge in [0.15, 0.2) is 11.0 Å². The SMILES string of the molecule is Cn1c(SCCCN2CCCCC(c3ccc(C(F)(F)F)cc3)CC2)nnc1-c1ccncc1. The number of alkyl halides is 3. The molecule has 1 aromatic carbocycles. The fraction of sp³-hybridized carbons (Fsp3) is 0.480. The van der Waals surface area contributed by atoms with Crippen LogP contribution in [0.1, 0.15) is 49.1 Å². The van der Waals surface area contributed by atoms with Gasteiger partial charge in [0.05, 0.1) is 5.56 Å². The number of nitrogens with zero attached hydrogens (tertiary/aromatic N) is 5. The van der Waals surface area contributed by atoms with Crippen LogP contribution in [-0.4, -0.2) is 50.0 Å². The highest BCUT2D eigenvalue weighted by atomic mass is 32.2. The van der Waals surface area contributed by atoms with Crippen LogP contribution in [0.15, 0.2) is 53.9 Å². The van der Waals surface area contributed by atoms with E-state index in [4.69, 9.17) is 0 Å². The van der Waals surface area contributed by atoms with E-state index in [0.717, 1.165) is 79.6 Å². The van der Waals surface area contributed by atoms with E-state index in [-0.39, 0.29) is 0 Å². The molecule has 4 rings (SSSR count). The van der Waals surface area contributed by atoms with Gasteiger partial charge in [0.25, 0.3) is 0 Å². The topological polar surface area (TPSA) is 46.8 Å². The predicted molar refractivity (Wildman–Crippen MR) is 129 cm³/mol. The average molecular weight is 490 g/mol. The smallest absolute Gasteiger partial charge is 0.305 e. The quantitative estimate of drug-likeness (QED) is 0.299. The molecule has 1 unspecified atom stereocenters. The minimum absolute atomic E-state index is 0.324. The number of aromatic nitrogens is 4. The van der Waals surface area contributed by atoms with Crippen LogP contribution in [0.2, 0.25) is 0 Å². The summed E-state index contributed by atoms with van der Waals surface area (Å²) < 4.78 is 40.6. The number of hydrogen-bond acceptors (Lipinski definition) is 5. The van der Waals surface area contributed by atoms with E-state index in [0.29, 0.717) is 5.92 Å². The van der Waals surface area contributed by atoms with Crippen LogP contribution < -0.4 is 0 Å². The molecular weight excluding hydrogens is 459 g/mol. The second-order valence-electron chi connectivity index (χ2n) is 8.75. The Bertz CT molecular complexity index is 1040. The van der Waals surface area contributed by atoms with Gasteiger partial charge in [-0.1, -0.05) is 30.3 Å². The highest BCUT2D eigenvalue weighted by Crippen LogP contribution is 2.33. The maximum atomic E-state index is 12.9. The Labute approximate surface area is 202 Å². The molecule has 0 spiro atoms. The molecule has 0 amide bonds. The van der Waals surface area contributed by atoms with E-state index in [9.17, 15) is 13.2 Å². The second kappa shape index (κ2) is 11.4. The van der Waals surface area contributed by atoms with Crippen molar-refractivity contribution in [1.82, 2.24) is 24.6 Å². The number of likely N-dealkylation sites (tertiary alicyclic amines) is 1. The molecule has 0 N–H and O–H groups in total. The average Bonchev–Trinajstić information content (AvgIpc) is 3.18. The van der Waals surface area contributed by atoms with Gasteiger partial charge in [0.2, 0.25) is 0 Å². The highest BCUT2D eigenvalue weighted by Gasteiger charge is 2.30. The molecule has 9 heteroatoms. The number of thioether (sulfide) groups is 1. The molecule has 1 atom stereocenters. The van der Waals surface area contributed by atoms with Crippen LogP contribution in [0.4, 0.5) is 13.2 Å². The number of benzene rings is 1. The first-order valence-corrected chi connectivity index (χ1v) is 12.7. The van der Waals surface area contributed by atoms with Gasteiger partial charge in [-0.25, -0.2) is 0 Å². The van der Waals surface area contributed by atoms with Crippen molar-refractivity contribution in [3.63, 3.8) is 0 Å². The highest BCUT2D eigenvalue weighted by molar-refractivity contribution is 7.99. The number of hydrogen-bond donors (Lipinski definition) is 0. The van der Waals surface area contributed by atoms with E-state index in [2.05, 4.69) is 20.1 Å². The summed E-state index contributed by atoms with van der Waals surface area (Å²) in [5, 5.41) is 9.57. The van der Waals surface area contributed by atoms with Crippen LogP contribution >= 0.6 is 11.8 Å². The fourth-order valence-corrected chi connectivity index (χ4v) is 5.30. The van der Waals surface area contributed by atoms with Crippen molar-refractivity contribution in [3.8, 4) is 11.4 Å². The van der Waals surface area contributed by atoms with E-state index in [1.54, 1.807) is 36.3 Å². The third kappa shape index (κ3) is 6.39. The lowest BCUT2D eigenvalue weighted by atomic mass is 9.88. The van der Waals surface area contributed by atoms with Gasteiger partial charge in [-0.05, 0) is 81.1 Å². The summed E-state index contributed by atoms with van der Waals surface area (Å²) in [4.78, 5) is 6.55. The monoisotopic (exact) mass is 489 g/mol. The predicted octanol–water partition coefficient (Wildman–Crippen LogP) is 6.04. The molecule has 0 aliphatic carbocycles. The van der Waals surface area contributed by atoms with Gasteiger partial charge in [0.1, 0.15) is 0 Å². The standard InChI is InChI=1S/C25H30F3N5S/c1-32-23(21-10-13-29-14-11-21)30-31-24(32)34-18-4-16-33-15-3-2-5-19(12-17-33)20-6-8-22(9-7-20)25(26,27)28/h6-11,13-14,19H,2-5,12,15-18H2,1H3. The molecule has 1 aliphatic rings. The zero-order valence-corrected chi connectivity index (χ0v) is 20.2. The lowest BCUT2D eigenvalue weighted by Gasteiger charge is -2.28. The molecule has 3 heterocycles. The normalized spacial score (nSPS) is 17.9. The fourth-order valence-electron chi connectivity index (χ4n) is 4.47. The third-order valence-corrected chi connectivity index (χ3v) is 7.51. The summed E-state index contributed by atoms with van der Waals surface area (Å²) in [6.07, 6.45) is 4.53. The lowest BCUT2D eigenvalue weighted by Crippen LogP contribution is -2.30. The van der Waals surface area contributed by atoms with E-state index >= 15 is 0 Å². The number of pyridine rings is 1. The second-order valence-corrected chi connectivity index (χ2v) is 9.81. The Morgan fingerprint density at radius 3 is 2.47 bits per heavy atom. The van der Waals surface area contributed by atoms with Gasteiger partial charge in [-0.3, -0.25) is 4.98 Å². The molecule has 0 radical (unpaired) electrons. The number of rotatable bonds is 7. The van der Waals surface area contributed by atoms with Gasteiger partial charge < -0.3 is 9.47 Å².